The van der Waals surface area contributed by atoms with Crippen molar-refractivity contribution in [2.45, 2.75) is 144 Å². The summed E-state index contributed by atoms with van der Waals surface area (Å²) in [6, 6.07) is 11.0. The van der Waals surface area contributed by atoms with Gasteiger partial charge >= 0.3 is 26.4 Å². The van der Waals surface area contributed by atoms with Gasteiger partial charge in [-0.2, -0.15) is 0 Å². The predicted octanol–water partition coefficient (Wildman–Crippen LogP) is 5.90. The zero-order valence-electron chi connectivity index (χ0n) is 34.1. The van der Waals surface area contributed by atoms with Gasteiger partial charge in [0.25, 0.3) is 0 Å². The summed E-state index contributed by atoms with van der Waals surface area (Å²) in [7, 11) is -1.50. The summed E-state index contributed by atoms with van der Waals surface area (Å²) >= 11 is 0. The quantitative estimate of drug-likeness (QED) is 0.277. The van der Waals surface area contributed by atoms with Gasteiger partial charge in [0.2, 0.25) is 0 Å². The highest BCUT2D eigenvalue weighted by Crippen LogP contribution is 2.37. The normalized spacial score (nSPS) is 19.6. The van der Waals surface area contributed by atoms with Crippen LogP contribution in [0.25, 0.3) is 0 Å². The molecule has 2 amide bonds. The van der Waals surface area contributed by atoms with Crippen LogP contribution in [-0.2, 0) is 30.0 Å². The molecular weight excluding hydrogens is 718 g/mol. The molecule has 13 nitrogen and oxygen atoms in total. The SMILES string of the molecule is C.CC(C)(C)OC(=O)N1CCC(Oc2ccc(C=O)c(B3OC(C)(C)C(C)(C)O3)c2)CC1.CC(C)(C)OC(=O)N1CCC(Oc2ccc3c(c2)B(O)OC3)CC1. The molecule has 0 aromatic heterocycles. The fourth-order valence-corrected chi connectivity index (χ4v) is 6.52. The van der Waals surface area contributed by atoms with Crippen LogP contribution in [-0.4, -0.2) is 108 Å². The van der Waals surface area contributed by atoms with Crippen LogP contribution in [0.5, 0.6) is 11.5 Å². The Bertz CT molecular complexity index is 1660. The lowest BCUT2D eigenvalue weighted by Gasteiger charge is -2.33. The summed E-state index contributed by atoms with van der Waals surface area (Å²) in [5, 5.41) is 9.76. The van der Waals surface area contributed by atoms with Crippen LogP contribution in [0.4, 0.5) is 9.59 Å². The first-order valence-electron chi connectivity index (χ1n) is 19.3. The molecule has 2 aromatic rings. The number of carbonyl (C=O) groups is 3. The Kier molecular flexibility index (Phi) is 14.3. The fourth-order valence-electron chi connectivity index (χ4n) is 6.52. The molecule has 0 aliphatic carbocycles. The molecule has 0 saturated carbocycles. The summed E-state index contributed by atoms with van der Waals surface area (Å²) in [5.41, 5.74) is 0.981. The number of hydrogen-bond acceptors (Lipinski definition) is 11. The number of ether oxygens (including phenoxy) is 4. The summed E-state index contributed by atoms with van der Waals surface area (Å²) in [6.45, 7) is 21.9. The average molecular weight is 781 g/mol. The van der Waals surface area contributed by atoms with Crippen LogP contribution in [0.3, 0.4) is 0 Å². The second-order valence-electron chi connectivity index (χ2n) is 17.6. The first-order chi connectivity index (χ1) is 25.6. The lowest BCUT2D eigenvalue weighted by molar-refractivity contribution is 0.00578. The largest absolute Gasteiger partial charge is 0.495 e. The molecule has 1 N–H and O–H groups in total. The van der Waals surface area contributed by atoms with Crippen LogP contribution in [0.2, 0.25) is 0 Å². The lowest BCUT2D eigenvalue weighted by atomic mass is 9.76. The second kappa shape index (κ2) is 17.8. The Balaban J connectivity index is 0.000000252. The Labute approximate surface area is 333 Å². The number of nitrogens with zero attached hydrogens (tertiary/aromatic N) is 2. The van der Waals surface area contributed by atoms with Crippen molar-refractivity contribution in [1.82, 2.24) is 9.80 Å². The maximum absolute atomic E-state index is 12.2. The lowest BCUT2D eigenvalue weighted by Crippen LogP contribution is -2.44. The van der Waals surface area contributed by atoms with Crippen LogP contribution in [0, 0.1) is 0 Å². The highest BCUT2D eigenvalue weighted by atomic mass is 16.7. The molecule has 3 fully saturated rings. The van der Waals surface area contributed by atoms with Gasteiger partial charge in [0.1, 0.15) is 41.2 Å². The summed E-state index contributed by atoms with van der Waals surface area (Å²) < 4.78 is 40.5. The van der Waals surface area contributed by atoms with Gasteiger partial charge in [-0.15, -0.1) is 0 Å². The van der Waals surface area contributed by atoms with E-state index < -0.39 is 36.6 Å². The molecule has 3 saturated heterocycles. The van der Waals surface area contributed by atoms with E-state index in [1.54, 1.807) is 21.9 Å². The number of likely N-dealkylation sites (tertiary alicyclic amines) is 2. The number of amides is 2. The van der Waals surface area contributed by atoms with Crippen molar-refractivity contribution in [2.75, 3.05) is 26.2 Å². The molecule has 4 aliphatic rings. The molecule has 0 bridgehead atoms. The van der Waals surface area contributed by atoms with Crippen LogP contribution in [0.15, 0.2) is 36.4 Å². The number of aldehydes is 1. The molecule has 15 heteroatoms. The van der Waals surface area contributed by atoms with Crippen LogP contribution < -0.4 is 20.4 Å². The van der Waals surface area contributed by atoms with E-state index in [-0.39, 0.29) is 31.8 Å². The van der Waals surface area contributed by atoms with Crippen molar-refractivity contribution in [3.8, 4) is 11.5 Å². The topological polar surface area (TPSA) is 143 Å². The zero-order valence-corrected chi connectivity index (χ0v) is 34.1. The van der Waals surface area contributed by atoms with Gasteiger partial charge in [0.05, 0.1) is 17.8 Å². The first kappa shape index (κ1) is 44.9. The van der Waals surface area contributed by atoms with E-state index in [2.05, 4.69) is 0 Å². The van der Waals surface area contributed by atoms with Gasteiger partial charge in [-0.3, -0.25) is 4.79 Å². The molecule has 4 aliphatic heterocycles. The molecule has 4 heterocycles. The van der Waals surface area contributed by atoms with Crippen molar-refractivity contribution >= 4 is 43.6 Å². The fraction of sp³-hybridized carbons (Fsp3) is 0.634. The van der Waals surface area contributed by atoms with Gasteiger partial charge in [-0.25, -0.2) is 9.59 Å². The monoisotopic (exact) mass is 780 g/mol. The van der Waals surface area contributed by atoms with Gasteiger partial charge in [-0.05, 0) is 116 Å². The van der Waals surface area contributed by atoms with Crippen molar-refractivity contribution in [1.29, 1.82) is 0 Å². The standard InChI is InChI=1S/C23H34BNO6.C17H24BNO5.CH4/c1-21(2,3)29-20(27)25-12-10-17(11-13-25)28-18-9-8-16(15-26)19(14-18)24-30-22(4,5)23(6,7)31-24;1-17(2,3)24-16(20)19-8-6-13(7-9-19)23-14-5-4-12-11-22-18(21)15(12)10-14;/h8-9,14-15,17H,10-13H2,1-7H3;4-5,10,13,21H,6-9,11H2,1-3H3;1H4. The van der Waals surface area contributed by atoms with Gasteiger partial charge in [-0.1, -0.05) is 13.5 Å². The molecule has 0 unspecified atom stereocenters. The number of fused-ring (bicyclic) bond motifs is 1. The maximum atomic E-state index is 12.2. The van der Waals surface area contributed by atoms with E-state index in [4.69, 9.17) is 32.9 Å². The molecule has 2 aromatic carbocycles. The Morgan fingerprint density at radius 3 is 1.61 bits per heavy atom. The van der Waals surface area contributed by atoms with E-state index >= 15 is 0 Å². The predicted molar refractivity (Wildman–Crippen MR) is 216 cm³/mol. The second-order valence-corrected chi connectivity index (χ2v) is 17.6. The molecule has 56 heavy (non-hydrogen) atoms. The van der Waals surface area contributed by atoms with Crippen LogP contribution >= 0.6 is 0 Å². The van der Waals surface area contributed by atoms with E-state index in [0.717, 1.165) is 35.9 Å². The molecule has 308 valence electrons. The molecule has 6 rings (SSSR count). The number of carbonyl (C=O) groups excluding carboxylic acids is 3. The van der Waals surface area contributed by atoms with E-state index in [9.17, 15) is 19.4 Å². The highest BCUT2D eigenvalue weighted by molar-refractivity contribution is 6.63. The Morgan fingerprint density at radius 1 is 0.750 bits per heavy atom. The van der Waals surface area contributed by atoms with Gasteiger partial charge in [0, 0.05) is 57.4 Å². The minimum atomic E-state index is -0.863. The third-order valence-electron chi connectivity index (χ3n) is 10.3. The van der Waals surface area contributed by atoms with Crippen molar-refractivity contribution in [3.63, 3.8) is 0 Å². The molecule has 0 spiro atoms. The van der Waals surface area contributed by atoms with Crippen molar-refractivity contribution in [2.24, 2.45) is 0 Å². The summed E-state index contributed by atoms with van der Waals surface area (Å²) in [5.74, 6) is 1.39. The highest BCUT2D eigenvalue weighted by Gasteiger charge is 2.52. The summed E-state index contributed by atoms with van der Waals surface area (Å²) in [4.78, 5) is 39.4. The average Bonchev–Trinajstić information content (AvgIpc) is 3.57. The number of benzene rings is 2. The number of rotatable bonds is 6. The van der Waals surface area contributed by atoms with Crippen LogP contribution in [0.1, 0.15) is 118 Å². The Morgan fingerprint density at radius 2 is 1.18 bits per heavy atom. The van der Waals surface area contributed by atoms with E-state index in [0.29, 0.717) is 62.4 Å². The minimum Gasteiger partial charge on any atom is -0.490 e. The number of piperidine rings is 2. The third kappa shape index (κ3) is 11.6. The third-order valence-corrected chi connectivity index (χ3v) is 10.3. The smallest absolute Gasteiger partial charge is 0.490 e. The minimum absolute atomic E-state index is 0. The van der Waals surface area contributed by atoms with Crippen molar-refractivity contribution < 1.29 is 52.3 Å². The molecular formula is C41H62B2N2O11. The molecule has 0 atom stereocenters. The Hall–Kier alpha value is -3.78. The zero-order chi connectivity index (χ0) is 40.3. The maximum Gasteiger partial charge on any atom is 0.495 e. The first-order valence-corrected chi connectivity index (χ1v) is 19.3. The molecule has 0 radical (unpaired) electrons. The summed E-state index contributed by atoms with van der Waals surface area (Å²) in [6.07, 6.45) is 3.23. The van der Waals surface area contributed by atoms with Gasteiger partial charge in [0.15, 0.2) is 0 Å². The van der Waals surface area contributed by atoms with Crippen molar-refractivity contribution in [3.05, 3.63) is 47.5 Å². The van der Waals surface area contributed by atoms with E-state index in [1.165, 1.54) is 0 Å². The van der Waals surface area contributed by atoms with Gasteiger partial charge < -0.3 is 47.7 Å². The van der Waals surface area contributed by atoms with E-state index in [1.807, 2.05) is 93.5 Å². The number of hydrogen-bond donors (Lipinski definition) is 1.